The van der Waals surface area contributed by atoms with E-state index in [0.29, 0.717) is 0 Å². The summed E-state index contributed by atoms with van der Waals surface area (Å²) >= 11 is 0. The van der Waals surface area contributed by atoms with Crippen molar-refractivity contribution in [2.75, 3.05) is 0 Å². The molecule has 0 nitrogen and oxygen atoms in total. The van der Waals surface area contributed by atoms with Crippen LogP contribution in [0, 0.1) is 5.92 Å². The second kappa shape index (κ2) is 13.7. The summed E-state index contributed by atoms with van der Waals surface area (Å²) in [6.07, 6.45) is 16.5. The fourth-order valence-corrected chi connectivity index (χ4v) is 3.12. The minimum atomic E-state index is 0.980. The SMILES string of the molecule is CCCCC(CCC)=C(C)CCCC(CC)CCCC. The van der Waals surface area contributed by atoms with Crippen LogP contribution in [0.4, 0.5) is 0 Å². The van der Waals surface area contributed by atoms with E-state index in [2.05, 4.69) is 34.6 Å². The van der Waals surface area contributed by atoms with Gasteiger partial charge in [0.1, 0.15) is 0 Å². The van der Waals surface area contributed by atoms with Gasteiger partial charge in [0.2, 0.25) is 0 Å². The molecule has 20 heavy (non-hydrogen) atoms. The summed E-state index contributed by atoms with van der Waals surface area (Å²) in [4.78, 5) is 0. The van der Waals surface area contributed by atoms with Crippen molar-refractivity contribution in [1.29, 1.82) is 0 Å². The van der Waals surface area contributed by atoms with Crippen molar-refractivity contribution >= 4 is 0 Å². The van der Waals surface area contributed by atoms with Gasteiger partial charge in [0.25, 0.3) is 0 Å². The van der Waals surface area contributed by atoms with Crippen LogP contribution in [0.15, 0.2) is 11.1 Å². The fourth-order valence-electron chi connectivity index (χ4n) is 3.12. The van der Waals surface area contributed by atoms with Crippen molar-refractivity contribution in [2.45, 2.75) is 112 Å². The first-order chi connectivity index (χ1) is 9.69. The van der Waals surface area contributed by atoms with Gasteiger partial charge in [-0.15, -0.1) is 0 Å². The molecule has 0 aromatic rings. The maximum atomic E-state index is 2.40. The molecule has 0 aromatic heterocycles. The van der Waals surface area contributed by atoms with Gasteiger partial charge >= 0.3 is 0 Å². The number of hydrogen-bond acceptors (Lipinski definition) is 0. The molecular weight excluding hydrogens is 240 g/mol. The number of allylic oxidation sites excluding steroid dienone is 2. The van der Waals surface area contributed by atoms with Crippen molar-refractivity contribution in [2.24, 2.45) is 5.92 Å². The lowest BCUT2D eigenvalue weighted by Gasteiger charge is -2.16. The summed E-state index contributed by atoms with van der Waals surface area (Å²) in [6.45, 7) is 11.7. The maximum absolute atomic E-state index is 2.40. The molecule has 0 rings (SSSR count). The van der Waals surface area contributed by atoms with E-state index in [0.717, 1.165) is 5.92 Å². The number of unbranched alkanes of at least 4 members (excludes halogenated alkanes) is 2. The van der Waals surface area contributed by atoms with E-state index in [1.54, 1.807) is 11.1 Å². The average Bonchev–Trinajstić information content (AvgIpc) is 2.46. The third kappa shape index (κ3) is 9.61. The third-order valence-corrected chi connectivity index (χ3v) is 4.69. The molecule has 0 aromatic carbocycles. The first kappa shape index (κ1) is 19.7. The van der Waals surface area contributed by atoms with Crippen molar-refractivity contribution in [3.63, 3.8) is 0 Å². The van der Waals surface area contributed by atoms with E-state index in [1.807, 2.05) is 0 Å². The molecule has 0 aliphatic carbocycles. The lowest BCUT2D eigenvalue weighted by atomic mass is 9.90. The molecule has 0 spiro atoms. The van der Waals surface area contributed by atoms with Crippen molar-refractivity contribution in [3.05, 3.63) is 11.1 Å². The van der Waals surface area contributed by atoms with Gasteiger partial charge in [-0.3, -0.25) is 0 Å². The van der Waals surface area contributed by atoms with Crippen LogP contribution in [0.1, 0.15) is 112 Å². The van der Waals surface area contributed by atoms with Crippen LogP contribution in [0.2, 0.25) is 0 Å². The molecule has 0 N–H and O–H groups in total. The van der Waals surface area contributed by atoms with E-state index in [-0.39, 0.29) is 0 Å². The largest absolute Gasteiger partial charge is 0.0741 e. The van der Waals surface area contributed by atoms with Crippen LogP contribution >= 0.6 is 0 Å². The summed E-state index contributed by atoms with van der Waals surface area (Å²) in [5, 5.41) is 0. The normalized spacial score (nSPS) is 14.2. The van der Waals surface area contributed by atoms with Gasteiger partial charge in [-0.25, -0.2) is 0 Å². The van der Waals surface area contributed by atoms with Crippen LogP contribution in [0.25, 0.3) is 0 Å². The van der Waals surface area contributed by atoms with Gasteiger partial charge in [0, 0.05) is 0 Å². The summed E-state index contributed by atoms with van der Waals surface area (Å²) in [6, 6.07) is 0. The minimum absolute atomic E-state index is 0.980. The Morgan fingerprint density at radius 2 is 1.35 bits per heavy atom. The highest BCUT2D eigenvalue weighted by atomic mass is 14.1. The summed E-state index contributed by atoms with van der Waals surface area (Å²) in [5.74, 6) is 0.980. The quantitative estimate of drug-likeness (QED) is 0.303. The van der Waals surface area contributed by atoms with E-state index in [9.17, 15) is 0 Å². The molecule has 0 aliphatic rings. The molecule has 0 saturated carbocycles. The molecule has 1 unspecified atom stereocenters. The van der Waals surface area contributed by atoms with Gasteiger partial charge < -0.3 is 0 Å². The Hall–Kier alpha value is -0.260. The molecule has 0 saturated heterocycles. The van der Waals surface area contributed by atoms with E-state index in [1.165, 1.54) is 77.0 Å². The van der Waals surface area contributed by atoms with Gasteiger partial charge in [0.05, 0.1) is 0 Å². The Morgan fingerprint density at radius 3 is 1.90 bits per heavy atom. The zero-order valence-electron chi connectivity index (χ0n) is 15.1. The minimum Gasteiger partial charge on any atom is -0.0741 e. The smallest absolute Gasteiger partial charge is 0.0318 e. The molecule has 0 bridgehead atoms. The highest BCUT2D eigenvalue weighted by Gasteiger charge is 2.07. The molecule has 120 valence electrons. The van der Waals surface area contributed by atoms with Crippen molar-refractivity contribution in [1.82, 2.24) is 0 Å². The molecule has 0 heterocycles. The van der Waals surface area contributed by atoms with Crippen molar-refractivity contribution < 1.29 is 0 Å². The fraction of sp³-hybridized carbons (Fsp3) is 0.900. The predicted molar refractivity (Wildman–Crippen MR) is 94.3 cm³/mol. The average molecular weight is 281 g/mol. The third-order valence-electron chi connectivity index (χ3n) is 4.69. The Kier molecular flexibility index (Phi) is 13.5. The summed E-state index contributed by atoms with van der Waals surface area (Å²) < 4.78 is 0. The Balaban J connectivity index is 4.15. The van der Waals surface area contributed by atoms with E-state index < -0.39 is 0 Å². The van der Waals surface area contributed by atoms with Crippen LogP contribution in [-0.4, -0.2) is 0 Å². The van der Waals surface area contributed by atoms with Crippen LogP contribution in [0.3, 0.4) is 0 Å². The molecule has 0 radical (unpaired) electrons. The summed E-state index contributed by atoms with van der Waals surface area (Å²) in [5.41, 5.74) is 3.49. The molecule has 0 heteroatoms. The van der Waals surface area contributed by atoms with Gasteiger partial charge in [-0.1, -0.05) is 83.8 Å². The van der Waals surface area contributed by atoms with Crippen molar-refractivity contribution in [3.8, 4) is 0 Å². The standard InChI is InChI=1S/C20H40/c1-6-10-15-19(9-4)16-12-14-18(5)20(13-8-3)17-11-7-2/h19H,6-17H2,1-5H3. The predicted octanol–water partition coefficient (Wildman–Crippen LogP) is 7.68. The Bertz CT molecular complexity index is 236. The van der Waals surface area contributed by atoms with Crippen LogP contribution in [0.5, 0.6) is 0 Å². The highest BCUT2D eigenvalue weighted by Crippen LogP contribution is 2.25. The lowest BCUT2D eigenvalue weighted by Crippen LogP contribution is -1.99. The summed E-state index contributed by atoms with van der Waals surface area (Å²) in [7, 11) is 0. The molecule has 0 fully saturated rings. The van der Waals surface area contributed by atoms with E-state index >= 15 is 0 Å². The van der Waals surface area contributed by atoms with Crippen LogP contribution in [-0.2, 0) is 0 Å². The maximum Gasteiger partial charge on any atom is -0.0318 e. The van der Waals surface area contributed by atoms with Gasteiger partial charge in [0.15, 0.2) is 0 Å². The first-order valence-corrected chi connectivity index (χ1v) is 9.36. The number of rotatable bonds is 13. The number of hydrogen-bond donors (Lipinski definition) is 0. The molecule has 0 amide bonds. The molecular formula is C20H40. The first-order valence-electron chi connectivity index (χ1n) is 9.36. The lowest BCUT2D eigenvalue weighted by molar-refractivity contribution is 0.409. The van der Waals surface area contributed by atoms with E-state index in [4.69, 9.17) is 0 Å². The second-order valence-corrected chi connectivity index (χ2v) is 6.55. The topological polar surface area (TPSA) is 0 Å². The second-order valence-electron chi connectivity index (χ2n) is 6.55. The Morgan fingerprint density at radius 1 is 0.700 bits per heavy atom. The Labute approximate surface area is 129 Å². The van der Waals surface area contributed by atoms with Gasteiger partial charge in [-0.2, -0.15) is 0 Å². The monoisotopic (exact) mass is 280 g/mol. The van der Waals surface area contributed by atoms with Gasteiger partial charge in [-0.05, 0) is 44.9 Å². The molecule has 1 atom stereocenters. The highest BCUT2D eigenvalue weighted by molar-refractivity contribution is 5.12. The van der Waals surface area contributed by atoms with Crippen LogP contribution < -0.4 is 0 Å². The zero-order valence-corrected chi connectivity index (χ0v) is 15.1. The molecule has 0 aliphatic heterocycles. The zero-order chi connectivity index (χ0) is 15.2.